The van der Waals surface area contributed by atoms with Gasteiger partial charge in [-0.3, -0.25) is 4.21 Å². The molecular formula is C17H26N2O2S. The van der Waals surface area contributed by atoms with Crippen molar-refractivity contribution in [3.8, 4) is 0 Å². The van der Waals surface area contributed by atoms with Crippen LogP contribution in [0.2, 0.25) is 0 Å². The van der Waals surface area contributed by atoms with Crippen molar-refractivity contribution in [3.63, 3.8) is 0 Å². The summed E-state index contributed by atoms with van der Waals surface area (Å²) in [5.74, 6) is 0. The number of hydrogen-bond donors (Lipinski definition) is 2. The average Bonchev–Trinajstić information content (AvgIpc) is 2.93. The van der Waals surface area contributed by atoms with Crippen LogP contribution in [0.3, 0.4) is 0 Å². The van der Waals surface area contributed by atoms with Gasteiger partial charge in [0.05, 0.1) is 0 Å². The third-order valence-electron chi connectivity index (χ3n) is 4.44. The molecule has 0 bridgehead atoms. The second-order valence-corrected chi connectivity index (χ2v) is 8.10. The van der Waals surface area contributed by atoms with Crippen LogP contribution < -0.4 is 10.6 Å². The number of rotatable bonds is 6. The van der Waals surface area contributed by atoms with E-state index in [1.165, 1.54) is 5.56 Å². The number of carbonyl (C=O) groups is 1. The molecule has 1 aliphatic rings. The van der Waals surface area contributed by atoms with Gasteiger partial charge in [-0.1, -0.05) is 43.2 Å². The van der Waals surface area contributed by atoms with E-state index in [9.17, 15) is 9.00 Å². The fraction of sp³-hybridized carbons (Fsp3) is 0.588. The van der Waals surface area contributed by atoms with Crippen LogP contribution in [0.5, 0.6) is 0 Å². The van der Waals surface area contributed by atoms with Crippen LogP contribution in [0.15, 0.2) is 30.3 Å². The number of benzene rings is 1. The fourth-order valence-corrected chi connectivity index (χ4v) is 3.34. The Kier molecular flexibility index (Phi) is 6.00. The molecule has 0 aliphatic heterocycles. The van der Waals surface area contributed by atoms with E-state index in [0.29, 0.717) is 6.54 Å². The zero-order chi connectivity index (χ0) is 16.0. The van der Waals surface area contributed by atoms with E-state index in [1.54, 1.807) is 6.26 Å². The van der Waals surface area contributed by atoms with Crippen molar-refractivity contribution in [2.75, 3.05) is 12.8 Å². The highest BCUT2D eigenvalue weighted by Gasteiger charge is 2.35. The quantitative estimate of drug-likeness (QED) is 0.846. The van der Waals surface area contributed by atoms with E-state index < -0.39 is 10.8 Å². The lowest BCUT2D eigenvalue weighted by Crippen LogP contribution is -2.52. The van der Waals surface area contributed by atoms with Gasteiger partial charge in [-0.25, -0.2) is 4.79 Å². The molecule has 1 aromatic rings. The number of hydrogen-bond acceptors (Lipinski definition) is 2. The molecule has 4 nitrogen and oxygen atoms in total. The molecule has 1 aliphatic carbocycles. The number of nitrogens with one attached hydrogen (secondary N) is 2. The molecule has 0 saturated heterocycles. The summed E-state index contributed by atoms with van der Waals surface area (Å²) in [7, 11) is -0.915. The van der Waals surface area contributed by atoms with Crippen molar-refractivity contribution in [1.82, 2.24) is 10.6 Å². The third kappa shape index (κ3) is 4.83. The molecule has 1 fully saturated rings. The highest BCUT2D eigenvalue weighted by molar-refractivity contribution is 7.84. The summed E-state index contributed by atoms with van der Waals surface area (Å²) in [5, 5.41) is 6.02. The molecule has 0 unspecified atom stereocenters. The Morgan fingerprint density at radius 2 is 1.91 bits per heavy atom. The first-order valence-electron chi connectivity index (χ1n) is 7.93. The highest BCUT2D eigenvalue weighted by Crippen LogP contribution is 2.32. The van der Waals surface area contributed by atoms with Crippen molar-refractivity contribution in [2.45, 2.75) is 49.8 Å². The summed E-state index contributed by atoms with van der Waals surface area (Å²) < 4.78 is 11.3. The first-order valence-corrected chi connectivity index (χ1v) is 9.55. The van der Waals surface area contributed by atoms with E-state index in [4.69, 9.17) is 0 Å². The third-order valence-corrected chi connectivity index (χ3v) is 5.74. The summed E-state index contributed by atoms with van der Waals surface area (Å²) in [6.07, 6.45) is 6.88. The molecule has 2 rings (SSSR count). The Balaban J connectivity index is 1.93. The SMILES string of the molecule is C[C@H](CNC(=O)NC1(Cc2ccccc2)CCCC1)[S@](C)=O. The van der Waals surface area contributed by atoms with Crippen LogP contribution in [0.1, 0.15) is 38.2 Å². The van der Waals surface area contributed by atoms with Gasteiger partial charge in [-0.2, -0.15) is 0 Å². The smallest absolute Gasteiger partial charge is 0.315 e. The second kappa shape index (κ2) is 7.77. The molecule has 1 saturated carbocycles. The summed E-state index contributed by atoms with van der Waals surface area (Å²) in [6.45, 7) is 2.32. The Bertz CT molecular complexity index is 513. The van der Waals surface area contributed by atoms with Crippen LogP contribution in [-0.4, -0.2) is 33.8 Å². The molecule has 122 valence electrons. The Hall–Kier alpha value is -1.36. The molecule has 0 radical (unpaired) electrons. The second-order valence-electron chi connectivity index (χ2n) is 6.29. The first kappa shape index (κ1) is 17.0. The van der Waals surface area contributed by atoms with E-state index >= 15 is 0 Å². The minimum atomic E-state index is -0.915. The Labute approximate surface area is 135 Å². The molecular weight excluding hydrogens is 296 g/mol. The lowest BCUT2D eigenvalue weighted by molar-refractivity contribution is 0.224. The minimum absolute atomic E-state index is 0.0283. The van der Waals surface area contributed by atoms with Crippen LogP contribution in [0, 0.1) is 0 Å². The highest BCUT2D eigenvalue weighted by atomic mass is 32.2. The predicted octanol–water partition coefficient (Wildman–Crippen LogP) is 2.61. The topological polar surface area (TPSA) is 58.2 Å². The zero-order valence-corrected chi connectivity index (χ0v) is 14.2. The standard InChI is InChI=1S/C17H26N2O2S/c1-14(22(2)21)13-18-16(20)19-17(10-6-7-11-17)12-15-8-4-3-5-9-15/h3-5,8-9,14H,6-7,10-13H2,1-2H3,(H2,18,19,20)/t14-,22+/m1/s1. The largest absolute Gasteiger partial charge is 0.337 e. The van der Waals surface area contributed by atoms with Crippen LogP contribution in [0.25, 0.3) is 0 Å². The van der Waals surface area contributed by atoms with Crippen LogP contribution in [0.4, 0.5) is 4.79 Å². The Morgan fingerprint density at radius 1 is 1.27 bits per heavy atom. The van der Waals surface area contributed by atoms with E-state index in [2.05, 4.69) is 22.8 Å². The molecule has 5 heteroatoms. The van der Waals surface area contributed by atoms with Gasteiger partial charge in [0, 0.05) is 34.4 Å². The van der Waals surface area contributed by atoms with Gasteiger partial charge in [0.1, 0.15) is 0 Å². The lowest BCUT2D eigenvalue weighted by Gasteiger charge is -2.31. The van der Waals surface area contributed by atoms with Gasteiger partial charge in [-0.05, 0) is 31.7 Å². The predicted molar refractivity (Wildman–Crippen MR) is 91.4 cm³/mol. The maximum Gasteiger partial charge on any atom is 0.315 e. The molecule has 2 atom stereocenters. The Morgan fingerprint density at radius 3 is 2.50 bits per heavy atom. The average molecular weight is 322 g/mol. The van der Waals surface area contributed by atoms with Gasteiger partial charge in [0.2, 0.25) is 0 Å². The van der Waals surface area contributed by atoms with Gasteiger partial charge < -0.3 is 10.6 Å². The van der Waals surface area contributed by atoms with E-state index in [1.807, 2.05) is 25.1 Å². The van der Waals surface area contributed by atoms with Gasteiger partial charge in [-0.15, -0.1) is 0 Å². The maximum atomic E-state index is 12.2. The normalized spacial score (nSPS) is 19.4. The summed E-state index contributed by atoms with van der Waals surface area (Å²) >= 11 is 0. The molecule has 0 spiro atoms. The van der Waals surface area contributed by atoms with Crippen molar-refractivity contribution in [3.05, 3.63) is 35.9 Å². The molecule has 2 N–H and O–H groups in total. The van der Waals surface area contributed by atoms with Gasteiger partial charge >= 0.3 is 6.03 Å². The van der Waals surface area contributed by atoms with Crippen LogP contribution >= 0.6 is 0 Å². The van der Waals surface area contributed by atoms with E-state index in [-0.39, 0.29) is 16.8 Å². The van der Waals surface area contributed by atoms with Crippen molar-refractivity contribution >= 4 is 16.8 Å². The first-order chi connectivity index (χ1) is 10.5. The summed E-state index contributed by atoms with van der Waals surface area (Å²) in [5.41, 5.74) is 1.12. The van der Waals surface area contributed by atoms with Gasteiger partial charge in [0.25, 0.3) is 0 Å². The maximum absolute atomic E-state index is 12.2. The van der Waals surface area contributed by atoms with Gasteiger partial charge in [0.15, 0.2) is 0 Å². The molecule has 0 aromatic heterocycles. The molecule has 1 aromatic carbocycles. The number of amides is 2. The summed E-state index contributed by atoms with van der Waals surface area (Å²) in [6, 6.07) is 10.2. The minimum Gasteiger partial charge on any atom is -0.337 e. The van der Waals surface area contributed by atoms with Crippen LogP contribution in [-0.2, 0) is 17.2 Å². The fourth-order valence-electron chi connectivity index (χ4n) is 3.02. The summed E-state index contributed by atoms with van der Waals surface area (Å²) in [4.78, 5) is 12.2. The zero-order valence-electron chi connectivity index (χ0n) is 13.4. The lowest BCUT2D eigenvalue weighted by atomic mass is 9.89. The van der Waals surface area contributed by atoms with Crippen molar-refractivity contribution in [2.24, 2.45) is 0 Å². The number of carbonyl (C=O) groups excluding carboxylic acids is 1. The monoisotopic (exact) mass is 322 g/mol. The van der Waals surface area contributed by atoms with Crippen molar-refractivity contribution < 1.29 is 9.00 Å². The molecule has 22 heavy (non-hydrogen) atoms. The number of urea groups is 1. The van der Waals surface area contributed by atoms with E-state index in [0.717, 1.165) is 32.1 Å². The van der Waals surface area contributed by atoms with Crippen molar-refractivity contribution in [1.29, 1.82) is 0 Å². The molecule has 0 heterocycles. The molecule has 2 amide bonds.